The molecule has 0 aliphatic heterocycles. The Kier molecular flexibility index (Phi) is 3.09. The number of benzene rings is 1. The highest BCUT2D eigenvalue weighted by Crippen LogP contribution is 2.29. The number of methoxy groups -OCH3 is 1. The van der Waals surface area contributed by atoms with E-state index in [9.17, 15) is 0 Å². The van der Waals surface area contributed by atoms with Gasteiger partial charge in [0.25, 0.3) is 0 Å². The third kappa shape index (κ3) is 2.16. The van der Waals surface area contributed by atoms with Gasteiger partial charge in [-0.2, -0.15) is 0 Å². The fourth-order valence-corrected chi connectivity index (χ4v) is 1.60. The van der Waals surface area contributed by atoms with Gasteiger partial charge < -0.3 is 4.74 Å². The quantitative estimate of drug-likeness (QED) is 0.842. The van der Waals surface area contributed by atoms with Crippen LogP contribution in [0.5, 0.6) is 5.75 Å². The largest absolute Gasteiger partial charge is 0.496 e. The van der Waals surface area contributed by atoms with Crippen LogP contribution in [-0.2, 0) is 0 Å². The van der Waals surface area contributed by atoms with Crippen molar-refractivity contribution in [1.29, 1.82) is 0 Å². The summed E-state index contributed by atoms with van der Waals surface area (Å²) in [4.78, 5) is 0. The lowest BCUT2D eigenvalue weighted by atomic mass is 10.2. The molecule has 1 heterocycles. The summed E-state index contributed by atoms with van der Waals surface area (Å²) >= 11 is 3.39. The zero-order valence-electron chi connectivity index (χ0n) is 8.81. The average molecular weight is 281 g/mol. The van der Waals surface area contributed by atoms with Gasteiger partial charge in [0.2, 0.25) is 5.82 Å². The highest BCUT2D eigenvalue weighted by Gasteiger charge is 2.10. The minimum absolute atomic E-state index is 0.448. The summed E-state index contributed by atoms with van der Waals surface area (Å²) in [6.45, 7) is 1.74. The number of rotatable bonds is 2. The topological polar surface area (TPSA) is 60.8 Å². The summed E-state index contributed by atoms with van der Waals surface area (Å²) in [5, 5.41) is 15.7. The number of ether oxygens (including phenoxy) is 1. The van der Waals surface area contributed by atoms with Crippen molar-refractivity contribution in [2.45, 2.75) is 6.92 Å². The molecule has 5 nitrogen and oxygen atoms in total. The van der Waals surface area contributed by atoms with Crippen LogP contribution in [0.2, 0.25) is 0 Å². The van der Waals surface area contributed by atoms with Crippen LogP contribution in [0, 0.1) is 6.92 Å². The molecule has 0 unspecified atom stereocenters. The van der Waals surface area contributed by atoms with E-state index in [1.54, 1.807) is 14.0 Å². The third-order valence-electron chi connectivity index (χ3n) is 1.98. The first-order chi connectivity index (χ1) is 7.70. The molecule has 0 aliphatic rings. The fourth-order valence-electron chi connectivity index (χ4n) is 1.24. The number of halogens is 1. The molecule has 2 aromatic rings. The number of nitrogens with zero attached hydrogens (tertiary/aromatic N) is 4. The van der Waals surface area contributed by atoms with Crippen LogP contribution in [0.1, 0.15) is 5.82 Å². The summed E-state index contributed by atoms with van der Waals surface area (Å²) in [5.41, 5.74) is 0.761. The predicted molar refractivity (Wildman–Crippen MR) is 62.0 cm³/mol. The van der Waals surface area contributed by atoms with Crippen LogP contribution in [0.4, 0.5) is 0 Å². The van der Waals surface area contributed by atoms with E-state index < -0.39 is 0 Å². The lowest BCUT2D eigenvalue weighted by Crippen LogP contribution is -2.00. The smallest absolute Gasteiger partial charge is 0.207 e. The minimum Gasteiger partial charge on any atom is -0.496 e. The van der Waals surface area contributed by atoms with Crippen LogP contribution in [0.3, 0.4) is 0 Å². The van der Waals surface area contributed by atoms with Crippen LogP contribution < -0.4 is 4.74 Å². The molecule has 0 saturated heterocycles. The summed E-state index contributed by atoms with van der Waals surface area (Å²) in [6.07, 6.45) is 0. The van der Waals surface area contributed by atoms with Gasteiger partial charge in [-0.1, -0.05) is 15.9 Å². The standard InChI is InChI=1S/C10H9BrN4O/c1-6-12-14-10(15-13-6)8-5-7(11)3-4-9(8)16-2/h3-5H,1-2H3. The molecule has 0 aliphatic carbocycles. The molecular weight excluding hydrogens is 272 g/mol. The van der Waals surface area contributed by atoms with Gasteiger partial charge >= 0.3 is 0 Å². The Labute approximate surface area is 101 Å². The van der Waals surface area contributed by atoms with Crippen molar-refractivity contribution in [2.24, 2.45) is 0 Å². The molecule has 6 heteroatoms. The molecule has 82 valence electrons. The number of hydrogen-bond donors (Lipinski definition) is 0. The SMILES string of the molecule is COc1ccc(Br)cc1-c1nnc(C)nn1. The van der Waals surface area contributed by atoms with Gasteiger partial charge in [-0.15, -0.1) is 20.4 Å². The Bertz CT molecular complexity index is 501. The van der Waals surface area contributed by atoms with Crippen molar-refractivity contribution in [3.8, 4) is 17.1 Å². The van der Waals surface area contributed by atoms with Gasteiger partial charge in [-0.25, -0.2) is 0 Å². The number of aryl methyl sites for hydroxylation is 1. The van der Waals surface area contributed by atoms with E-state index in [0.717, 1.165) is 10.0 Å². The molecule has 2 rings (SSSR count). The van der Waals surface area contributed by atoms with Crippen LogP contribution in [-0.4, -0.2) is 27.5 Å². The predicted octanol–water partition coefficient (Wildman–Crippen LogP) is 2.01. The molecule has 0 N–H and O–H groups in total. The molecule has 1 aromatic heterocycles. The summed E-state index contributed by atoms with van der Waals surface area (Å²) < 4.78 is 6.15. The molecule has 0 spiro atoms. The van der Waals surface area contributed by atoms with Gasteiger partial charge in [-0.3, -0.25) is 0 Å². The Morgan fingerprint density at radius 1 is 1.12 bits per heavy atom. The van der Waals surface area contributed by atoms with E-state index >= 15 is 0 Å². The summed E-state index contributed by atoms with van der Waals surface area (Å²) in [5.74, 6) is 1.68. The molecule has 0 radical (unpaired) electrons. The van der Waals surface area contributed by atoms with E-state index in [0.29, 0.717) is 17.4 Å². The lowest BCUT2D eigenvalue weighted by Gasteiger charge is -2.06. The molecule has 0 atom stereocenters. The Morgan fingerprint density at radius 3 is 2.44 bits per heavy atom. The first-order valence-corrected chi connectivity index (χ1v) is 5.38. The molecule has 0 bridgehead atoms. The Balaban J connectivity index is 2.53. The second-order valence-electron chi connectivity index (χ2n) is 3.12. The van der Waals surface area contributed by atoms with E-state index in [4.69, 9.17) is 4.74 Å². The minimum atomic E-state index is 0.448. The van der Waals surface area contributed by atoms with Crippen LogP contribution in [0.15, 0.2) is 22.7 Å². The molecule has 16 heavy (non-hydrogen) atoms. The average Bonchev–Trinajstić information content (AvgIpc) is 2.30. The molecular formula is C10H9BrN4O. The molecule has 0 amide bonds. The van der Waals surface area contributed by atoms with Gasteiger partial charge in [0.05, 0.1) is 12.7 Å². The fraction of sp³-hybridized carbons (Fsp3) is 0.200. The molecule has 0 fully saturated rings. The maximum atomic E-state index is 5.23. The van der Waals surface area contributed by atoms with Gasteiger partial charge in [-0.05, 0) is 25.1 Å². The highest BCUT2D eigenvalue weighted by molar-refractivity contribution is 9.10. The van der Waals surface area contributed by atoms with E-state index in [-0.39, 0.29) is 0 Å². The number of hydrogen-bond acceptors (Lipinski definition) is 5. The maximum Gasteiger partial charge on any atom is 0.207 e. The maximum absolute atomic E-state index is 5.23. The Hall–Kier alpha value is -1.56. The zero-order chi connectivity index (χ0) is 11.5. The lowest BCUT2D eigenvalue weighted by molar-refractivity contribution is 0.416. The second kappa shape index (κ2) is 4.52. The first-order valence-electron chi connectivity index (χ1n) is 4.58. The van der Waals surface area contributed by atoms with Crippen molar-refractivity contribution in [1.82, 2.24) is 20.4 Å². The van der Waals surface area contributed by atoms with Crippen molar-refractivity contribution >= 4 is 15.9 Å². The van der Waals surface area contributed by atoms with Crippen molar-refractivity contribution < 1.29 is 4.74 Å². The summed E-state index contributed by atoms with van der Waals surface area (Å²) in [6, 6.07) is 5.59. The van der Waals surface area contributed by atoms with Gasteiger partial charge in [0.1, 0.15) is 5.75 Å². The van der Waals surface area contributed by atoms with Gasteiger partial charge in [0, 0.05) is 4.47 Å². The first kappa shape index (κ1) is 10.9. The van der Waals surface area contributed by atoms with Crippen molar-refractivity contribution in [3.63, 3.8) is 0 Å². The zero-order valence-corrected chi connectivity index (χ0v) is 10.4. The monoisotopic (exact) mass is 280 g/mol. The summed E-state index contributed by atoms with van der Waals surface area (Å²) in [7, 11) is 1.60. The van der Waals surface area contributed by atoms with Crippen LogP contribution in [0.25, 0.3) is 11.4 Å². The van der Waals surface area contributed by atoms with Crippen molar-refractivity contribution in [3.05, 3.63) is 28.5 Å². The third-order valence-corrected chi connectivity index (χ3v) is 2.47. The van der Waals surface area contributed by atoms with E-state index in [1.807, 2.05) is 18.2 Å². The van der Waals surface area contributed by atoms with Gasteiger partial charge in [0.15, 0.2) is 5.82 Å². The molecule has 1 aromatic carbocycles. The van der Waals surface area contributed by atoms with Crippen molar-refractivity contribution in [2.75, 3.05) is 7.11 Å². The number of aromatic nitrogens is 4. The van der Waals surface area contributed by atoms with Crippen LogP contribution >= 0.6 is 15.9 Å². The normalized spacial score (nSPS) is 10.2. The Morgan fingerprint density at radius 2 is 1.81 bits per heavy atom. The van der Waals surface area contributed by atoms with E-state index in [1.165, 1.54) is 0 Å². The van der Waals surface area contributed by atoms with E-state index in [2.05, 4.69) is 36.3 Å². The highest BCUT2D eigenvalue weighted by atomic mass is 79.9. The molecule has 0 saturated carbocycles. The second-order valence-corrected chi connectivity index (χ2v) is 4.03.